The lowest BCUT2D eigenvalue weighted by molar-refractivity contribution is -0.141. The van der Waals surface area contributed by atoms with Crippen molar-refractivity contribution < 1.29 is 9.53 Å². The molecule has 1 saturated carbocycles. The third-order valence-electron chi connectivity index (χ3n) is 4.76. The Hall–Kier alpha value is -1.57. The first-order valence-corrected chi connectivity index (χ1v) is 7.63. The Balaban J connectivity index is 1.89. The highest BCUT2D eigenvalue weighted by Gasteiger charge is 2.43. The summed E-state index contributed by atoms with van der Waals surface area (Å²) in [7, 11) is 0. The summed E-state index contributed by atoms with van der Waals surface area (Å²) in [5.74, 6) is 0.343. The molecule has 0 aromatic heterocycles. The van der Waals surface area contributed by atoms with E-state index in [0.29, 0.717) is 11.5 Å². The number of rotatable bonds is 2. The maximum atomic E-state index is 12.0. The normalized spacial score (nSPS) is 27.6. The van der Waals surface area contributed by atoms with Crippen LogP contribution in [0.3, 0.4) is 0 Å². The highest BCUT2D eigenvalue weighted by atomic mass is 16.6. The highest BCUT2D eigenvalue weighted by Crippen LogP contribution is 2.43. The van der Waals surface area contributed by atoms with Crippen LogP contribution in [-0.2, 0) is 9.53 Å². The fraction of sp³-hybridized carbons (Fsp3) is 0.500. The van der Waals surface area contributed by atoms with Crippen molar-refractivity contribution in [2.75, 3.05) is 0 Å². The van der Waals surface area contributed by atoms with E-state index in [1.165, 1.54) is 43.2 Å². The Bertz CT molecular complexity index is 509. The number of benzene rings is 1. The van der Waals surface area contributed by atoms with Crippen molar-refractivity contribution >= 4 is 5.97 Å². The molecule has 2 heteroatoms. The molecule has 1 heterocycles. The van der Waals surface area contributed by atoms with Crippen molar-refractivity contribution in [3.63, 3.8) is 0 Å². The fourth-order valence-corrected chi connectivity index (χ4v) is 3.59. The molecular weight excluding hydrogens is 248 g/mol. The van der Waals surface area contributed by atoms with E-state index in [1.54, 1.807) is 0 Å². The maximum Gasteiger partial charge on any atom is 0.334 e. The second-order valence-electron chi connectivity index (χ2n) is 6.18. The number of carbonyl (C=O) groups excluding carboxylic acids is 1. The lowest BCUT2D eigenvalue weighted by Crippen LogP contribution is -2.27. The average molecular weight is 270 g/mol. The minimum atomic E-state index is -0.203. The molecule has 1 aromatic rings. The van der Waals surface area contributed by atoms with Crippen LogP contribution in [0, 0.1) is 12.8 Å². The zero-order valence-electron chi connectivity index (χ0n) is 12.1. The van der Waals surface area contributed by atoms with Crippen molar-refractivity contribution in [2.24, 2.45) is 5.92 Å². The lowest BCUT2D eigenvalue weighted by atomic mass is 9.77. The topological polar surface area (TPSA) is 26.3 Å². The standard InChI is InChI=1S/C18H22O2/c1-12-8-10-14(11-9-12)16-13(2)18(19)20-17(16)15-6-4-3-5-7-15/h8-11,15-17H,2-7H2,1H3/t16-,17?/m0/s1. The molecule has 2 atom stereocenters. The van der Waals surface area contributed by atoms with Crippen molar-refractivity contribution in [3.8, 4) is 0 Å². The third kappa shape index (κ3) is 2.39. The summed E-state index contributed by atoms with van der Waals surface area (Å²) in [6, 6.07) is 8.43. The first kappa shape index (κ1) is 13.4. The summed E-state index contributed by atoms with van der Waals surface area (Å²) in [5, 5.41) is 0. The average Bonchev–Trinajstić information content (AvgIpc) is 2.77. The summed E-state index contributed by atoms with van der Waals surface area (Å²) in [5.41, 5.74) is 3.03. The molecule has 1 aliphatic heterocycles. The molecule has 106 valence electrons. The van der Waals surface area contributed by atoms with Gasteiger partial charge in [0, 0.05) is 5.57 Å². The molecule has 3 rings (SSSR count). The van der Waals surface area contributed by atoms with E-state index in [4.69, 9.17) is 4.74 Å². The Morgan fingerprint density at radius 3 is 2.40 bits per heavy atom. The van der Waals surface area contributed by atoms with E-state index in [1.807, 2.05) is 0 Å². The van der Waals surface area contributed by atoms with Gasteiger partial charge in [0.05, 0.1) is 5.92 Å². The van der Waals surface area contributed by atoms with E-state index < -0.39 is 0 Å². The Morgan fingerprint density at radius 1 is 1.10 bits per heavy atom. The van der Waals surface area contributed by atoms with Gasteiger partial charge >= 0.3 is 5.97 Å². The predicted molar refractivity (Wildman–Crippen MR) is 79.5 cm³/mol. The number of ether oxygens (including phenoxy) is 1. The van der Waals surface area contributed by atoms with Gasteiger partial charge in [0.2, 0.25) is 0 Å². The van der Waals surface area contributed by atoms with Gasteiger partial charge in [-0.25, -0.2) is 4.79 Å². The molecule has 2 nitrogen and oxygen atoms in total. The van der Waals surface area contributed by atoms with E-state index >= 15 is 0 Å². The summed E-state index contributed by atoms with van der Waals surface area (Å²) in [6.07, 6.45) is 6.17. The van der Waals surface area contributed by atoms with Crippen LogP contribution in [-0.4, -0.2) is 12.1 Å². The molecule has 0 spiro atoms. The predicted octanol–water partition coefficient (Wildman–Crippen LogP) is 4.14. The van der Waals surface area contributed by atoms with Crippen LogP contribution in [0.1, 0.15) is 49.1 Å². The quantitative estimate of drug-likeness (QED) is 0.596. The van der Waals surface area contributed by atoms with E-state index in [0.717, 1.165) is 0 Å². The van der Waals surface area contributed by atoms with Crippen LogP contribution in [0.15, 0.2) is 36.4 Å². The Labute approximate surface area is 120 Å². The molecule has 1 aromatic carbocycles. The van der Waals surface area contributed by atoms with Crippen molar-refractivity contribution in [1.29, 1.82) is 0 Å². The minimum absolute atomic E-state index is 0.00185. The summed E-state index contributed by atoms with van der Waals surface area (Å²) >= 11 is 0. The van der Waals surface area contributed by atoms with Crippen molar-refractivity contribution in [2.45, 2.75) is 51.0 Å². The Morgan fingerprint density at radius 2 is 1.75 bits per heavy atom. The van der Waals surface area contributed by atoms with Crippen molar-refractivity contribution in [1.82, 2.24) is 0 Å². The first-order valence-electron chi connectivity index (χ1n) is 7.63. The summed E-state index contributed by atoms with van der Waals surface area (Å²) in [6.45, 7) is 6.06. The minimum Gasteiger partial charge on any atom is -0.458 e. The van der Waals surface area contributed by atoms with Gasteiger partial charge in [-0.05, 0) is 31.2 Å². The van der Waals surface area contributed by atoms with Gasteiger partial charge in [0.25, 0.3) is 0 Å². The van der Waals surface area contributed by atoms with E-state index in [9.17, 15) is 4.79 Å². The molecule has 0 amide bonds. The molecule has 2 fully saturated rings. The second-order valence-corrected chi connectivity index (χ2v) is 6.18. The lowest BCUT2D eigenvalue weighted by Gasteiger charge is -2.30. The van der Waals surface area contributed by atoms with Crippen LogP contribution < -0.4 is 0 Å². The number of carbonyl (C=O) groups is 1. The molecule has 0 radical (unpaired) electrons. The van der Waals surface area contributed by atoms with E-state index in [-0.39, 0.29) is 18.0 Å². The van der Waals surface area contributed by atoms with Crippen molar-refractivity contribution in [3.05, 3.63) is 47.5 Å². The molecule has 2 aliphatic rings. The fourth-order valence-electron chi connectivity index (χ4n) is 3.59. The van der Waals surface area contributed by atoms with Gasteiger partial charge in [-0.15, -0.1) is 0 Å². The molecule has 1 unspecified atom stereocenters. The van der Waals surface area contributed by atoms with Crippen LogP contribution in [0.2, 0.25) is 0 Å². The molecule has 0 bridgehead atoms. The molecular formula is C18H22O2. The summed E-state index contributed by atoms with van der Waals surface area (Å²) < 4.78 is 5.67. The zero-order chi connectivity index (χ0) is 14.1. The molecule has 0 N–H and O–H groups in total. The second kappa shape index (κ2) is 5.43. The van der Waals surface area contributed by atoms with Crippen LogP contribution >= 0.6 is 0 Å². The SMILES string of the molecule is C=C1C(=O)OC(C2CCCCC2)[C@@H]1c1ccc(C)cc1. The van der Waals surface area contributed by atoms with Crippen LogP contribution in [0.4, 0.5) is 0 Å². The monoisotopic (exact) mass is 270 g/mol. The Kier molecular flexibility index (Phi) is 3.64. The maximum absolute atomic E-state index is 12.0. The van der Waals surface area contributed by atoms with Gasteiger partial charge in [-0.2, -0.15) is 0 Å². The van der Waals surface area contributed by atoms with Crippen LogP contribution in [0.5, 0.6) is 0 Å². The largest absolute Gasteiger partial charge is 0.458 e. The van der Waals surface area contributed by atoms with Gasteiger partial charge in [0.15, 0.2) is 0 Å². The number of cyclic esters (lactones) is 1. The van der Waals surface area contributed by atoms with E-state index in [2.05, 4.69) is 37.8 Å². The summed E-state index contributed by atoms with van der Waals surface area (Å²) in [4.78, 5) is 12.0. The van der Waals surface area contributed by atoms with Crippen LogP contribution in [0.25, 0.3) is 0 Å². The number of hydrogen-bond donors (Lipinski definition) is 0. The van der Waals surface area contributed by atoms with Gasteiger partial charge < -0.3 is 4.74 Å². The van der Waals surface area contributed by atoms with Gasteiger partial charge in [-0.3, -0.25) is 0 Å². The number of aryl methyl sites for hydroxylation is 1. The third-order valence-corrected chi connectivity index (χ3v) is 4.76. The van der Waals surface area contributed by atoms with Gasteiger partial charge in [-0.1, -0.05) is 55.7 Å². The number of hydrogen-bond acceptors (Lipinski definition) is 2. The zero-order valence-corrected chi connectivity index (χ0v) is 12.1. The molecule has 1 saturated heterocycles. The first-order chi connectivity index (χ1) is 9.66. The molecule has 20 heavy (non-hydrogen) atoms. The molecule has 1 aliphatic carbocycles. The highest BCUT2D eigenvalue weighted by molar-refractivity contribution is 5.92. The smallest absolute Gasteiger partial charge is 0.334 e. The number of esters is 1. The van der Waals surface area contributed by atoms with Gasteiger partial charge in [0.1, 0.15) is 6.10 Å².